The number of aromatic nitrogens is 1. The number of carbonyl (C=O) groups is 1. The van der Waals surface area contributed by atoms with Crippen molar-refractivity contribution in [3.8, 4) is 5.88 Å². The molecule has 0 fully saturated rings. The van der Waals surface area contributed by atoms with Crippen LogP contribution < -0.4 is 0 Å². The highest BCUT2D eigenvalue weighted by Crippen LogP contribution is 2.17. The van der Waals surface area contributed by atoms with Crippen molar-refractivity contribution >= 4 is 29.6 Å². The molecule has 0 unspecified atom stereocenters. The summed E-state index contributed by atoms with van der Waals surface area (Å²) >= 11 is 6.12. The van der Waals surface area contributed by atoms with E-state index in [0.717, 1.165) is 4.57 Å². The van der Waals surface area contributed by atoms with E-state index in [4.69, 9.17) is 12.2 Å². The summed E-state index contributed by atoms with van der Waals surface area (Å²) in [5.74, 6) is -0.0862. The molecule has 0 aliphatic rings. The van der Waals surface area contributed by atoms with Crippen LogP contribution in [0.4, 0.5) is 4.79 Å². The molecule has 0 saturated heterocycles. The number of rotatable bonds is 2. The molecule has 14 heavy (non-hydrogen) atoms. The van der Waals surface area contributed by atoms with Gasteiger partial charge in [0.1, 0.15) is 0 Å². The number of carbonyl (C=O) groups excluding carboxylic acids is 1. The van der Waals surface area contributed by atoms with Gasteiger partial charge in [-0.1, -0.05) is 0 Å². The molecule has 0 saturated carbocycles. The first-order valence-electron chi connectivity index (χ1n) is 4.30. The highest BCUT2D eigenvalue weighted by Gasteiger charge is 2.16. The van der Waals surface area contributed by atoms with Gasteiger partial charge in [0.2, 0.25) is 5.88 Å². The first kappa shape index (κ1) is 11.2. The summed E-state index contributed by atoms with van der Waals surface area (Å²) in [6, 6.07) is -0.265. The van der Waals surface area contributed by atoms with Gasteiger partial charge in [-0.15, -0.1) is 11.3 Å². The number of aromatic hydroxyl groups is 1. The zero-order valence-electron chi connectivity index (χ0n) is 8.06. The predicted octanol–water partition coefficient (Wildman–Crippen LogP) is 2.29. The van der Waals surface area contributed by atoms with Crippen LogP contribution >= 0.6 is 23.6 Å². The Morgan fingerprint density at radius 1 is 1.64 bits per heavy atom. The van der Waals surface area contributed by atoms with E-state index >= 15 is 0 Å². The molecule has 0 aliphatic carbocycles. The molecule has 0 aliphatic heterocycles. The van der Waals surface area contributed by atoms with Gasteiger partial charge in [0.15, 0.2) is 3.95 Å². The summed E-state index contributed by atoms with van der Waals surface area (Å²) in [5.41, 5.74) is 0. The summed E-state index contributed by atoms with van der Waals surface area (Å²) < 4.78 is 1.52. The predicted molar refractivity (Wildman–Crippen MR) is 58.5 cm³/mol. The van der Waals surface area contributed by atoms with Gasteiger partial charge in [-0.3, -0.25) is 0 Å². The number of nitrogens with zero attached hydrogens (tertiary/aromatic N) is 2. The minimum atomic E-state index is -0.265. The van der Waals surface area contributed by atoms with Crippen LogP contribution in [-0.4, -0.2) is 33.7 Å². The molecule has 4 nitrogen and oxygen atoms in total. The van der Waals surface area contributed by atoms with Gasteiger partial charge in [0, 0.05) is 13.1 Å². The minimum Gasteiger partial charge on any atom is -0.493 e. The van der Waals surface area contributed by atoms with Gasteiger partial charge in [0.25, 0.3) is 0 Å². The maximum atomic E-state index is 11.8. The van der Waals surface area contributed by atoms with Crippen LogP contribution in [0.25, 0.3) is 0 Å². The molecule has 1 heterocycles. The van der Waals surface area contributed by atoms with Crippen molar-refractivity contribution in [2.24, 2.45) is 0 Å². The van der Waals surface area contributed by atoms with Crippen LogP contribution in [-0.2, 0) is 0 Å². The lowest BCUT2D eigenvalue weighted by Gasteiger charge is -2.18. The Kier molecular flexibility index (Phi) is 3.65. The standard InChI is InChI=1S/C8H12N2O2S2/c1-3-9(4-2)7(12)10-6(11)5-14-8(10)13/h5,11H,3-4H2,1-2H3. The largest absolute Gasteiger partial charge is 0.493 e. The van der Waals surface area contributed by atoms with Crippen molar-refractivity contribution in [2.75, 3.05) is 13.1 Å². The molecule has 0 aromatic carbocycles. The van der Waals surface area contributed by atoms with Crippen molar-refractivity contribution in [2.45, 2.75) is 13.8 Å². The van der Waals surface area contributed by atoms with Crippen LogP contribution in [0.3, 0.4) is 0 Å². The molecule has 1 aromatic rings. The van der Waals surface area contributed by atoms with Crippen molar-refractivity contribution in [1.82, 2.24) is 9.47 Å². The van der Waals surface area contributed by atoms with E-state index < -0.39 is 0 Å². The van der Waals surface area contributed by atoms with E-state index in [1.807, 2.05) is 13.8 Å². The smallest absolute Gasteiger partial charge is 0.332 e. The third kappa shape index (κ3) is 1.96. The van der Waals surface area contributed by atoms with Crippen LogP contribution in [0, 0.1) is 3.95 Å². The molecule has 0 bridgehead atoms. The fourth-order valence-corrected chi connectivity index (χ4v) is 2.02. The van der Waals surface area contributed by atoms with E-state index in [2.05, 4.69) is 0 Å². The van der Waals surface area contributed by atoms with Crippen LogP contribution in [0.5, 0.6) is 5.88 Å². The Bertz CT molecular complexity index is 379. The normalized spacial score (nSPS) is 10.1. The van der Waals surface area contributed by atoms with Gasteiger partial charge in [-0.2, -0.15) is 0 Å². The average molecular weight is 232 g/mol. The van der Waals surface area contributed by atoms with Gasteiger partial charge >= 0.3 is 6.03 Å². The topological polar surface area (TPSA) is 45.5 Å². The number of thiazole rings is 1. The molecule has 1 rings (SSSR count). The SMILES string of the molecule is CCN(CC)C(=O)n1c(O)csc1=S. The first-order chi connectivity index (χ1) is 6.61. The van der Waals surface area contributed by atoms with E-state index in [9.17, 15) is 9.90 Å². The zero-order chi connectivity index (χ0) is 10.7. The molecule has 6 heteroatoms. The highest BCUT2D eigenvalue weighted by molar-refractivity contribution is 7.73. The third-order valence-electron chi connectivity index (χ3n) is 1.90. The molecule has 1 aromatic heterocycles. The van der Waals surface area contributed by atoms with Crippen molar-refractivity contribution in [3.63, 3.8) is 0 Å². The summed E-state index contributed by atoms with van der Waals surface area (Å²) in [6.45, 7) is 4.97. The van der Waals surface area contributed by atoms with E-state index in [-0.39, 0.29) is 11.9 Å². The molecular formula is C8H12N2O2S2. The van der Waals surface area contributed by atoms with Crippen LogP contribution in [0.2, 0.25) is 0 Å². The second-order valence-corrected chi connectivity index (χ2v) is 4.15. The lowest BCUT2D eigenvalue weighted by atomic mass is 10.5. The average Bonchev–Trinajstić information content (AvgIpc) is 2.48. The fourth-order valence-electron chi connectivity index (χ4n) is 1.11. The maximum Gasteiger partial charge on any atom is 0.332 e. The lowest BCUT2D eigenvalue weighted by Crippen LogP contribution is -2.34. The van der Waals surface area contributed by atoms with Gasteiger partial charge in [-0.05, 0) is 26.1 Å². The highest BCUT2D eigenvalue weighted by atomic mass is 32.1. The molecular weight excluding hydrogens is 220 g/mol. The Morgan fingerprint density at radius 2 is 2.21 bits per heavy atom. The first-order valence-corrected chi connectivity index (χ1v) is 5.59. The van der Waals surface area contributed by atoms with Gasteiger partial charge in [0.05, 0.1) is 5.38 Å². The van der Waals surface area contributed by atoms with Crippen molar-refractivity contribution in [3.05, 3.63) is 9.33 Å². The summed E-state index contributed by atoms with van der Waals surface area (Å²) in [7, 11) is 0. The molecule has 1 amide bonds. The quantitative estimate of drug-likeness (QED) is 0.796. The molecule has 0 spiro atoms. The Hall–Kier alpha value is -0.880. The summed E-state index contributed by atoms with van der Waals surface area (Å²) in [4.78, 5) is 13.4. The Morgan fingerprint density at radius 3 is 2.57 bits per heavy atom. The zero-order valence-corrected chi connectivity index (χ0v) is 9.69. The van der Waals surface area contributed by atoms with Gasteiger partial charge < -0.3 is 10.0 Å². The number of hydrogen-bond donors (Lipinski definition) is 1. The van der Waals surface area contributed by atoms with Crippen molar-refractivity contribution in [1.29, 1.82) is 0 Å². The van der Waals surface area contributed by atoms with E-state index in [0.29, 0.717) is 17.0 Å². The number of hydrogen-bond acceptors (Lipinski definition) is 4. The Labute approximate surface area is 91.4 Å². The summed E-state index contributed by atoms with van der Waals surface area (Å²) in [5, 5.41) is 10.9. The second-order valence-electron chi connectivity index (χ2n) is 2.65. The minimum absolute atomic E-state index is 0.0862. The number of amides is 1. The molecule has 0 atom stereocenters. The maximum absolute atomic E-state index is 11.8. The van der Waals surface area contributed by atoms with Gasteiger partial charge in [-0.25, -0.2) is 9.36 Å². The monoisotopic (exact) mass is 232 g/mol. The second kappa shape index (κ2) is 4.56. The van der Waals surface area contributed by atoms with Crippen LogP contribution in [0.1, 0.15) is 13.8 Å². The molecule has 0 radical (unpaired) electrons. The molecule has 1 N–H and O–H groups in total. The third-order valence-corrected chi connectivity index (χ3v) is 3.09. The van der Waals surface area contributed by atoms with E-state index in [1.54, 1.807) is 4.90 Å². The summed E-state index contributed by atoms with van der Waals surface area (Å²) in [6.07, 6.45) is 0. The fraction of sp³-hybridized carbons (Fsp3) is 0.500. The Balaban J connectivity index is 3.05. The van der Waals surface area contributed by atoms with Crippen molar-refractivity contribution < 1.29 is 9.90 Å². The van der Waals surface area contributed by atoms with Crippen LogP contribution in [0.15, 0.2) is 5.38 Å². The van der Waals surface area contributed by atoms with E-state index in [1.165, 1.54) is 16.7 Å². The molecule has 78 valence electrons. The lowest BCUT2D eigenvalue weighted by molar-refractivity contribution is 0.202.